The monoisotopic (exact) mass is 113 g/mol. The standard InChI is InChI=1S/C5H9N2O/c8-4-6-3-5-1-2-7-5/h5,7H,1-3H2,(H,6,8). The fraction of sp³-hybridized carbons (Fsp3) is 0.800. The van der Waals surface area contributed by atoms with Crippen LogP contribution in [0.5, 0.6) is 0 Å². The predicted molar refractivity (Wildman–Crippen MR) is 30.1 cm³/mol. The highest BCUT2D eigenvalue weighted by Gasteiger charge is 2.14. The fourth-order valence-corrected chi connectivity index (χ4v) is 0.688. The van der Waals surface area contributed by atoms with Gasteiger partial charge in [0.2, 0.25) is 0 Å². The molecule has 1 atom stereocenters. The van der Waals surface area contributed by atoms with E-state index in [0.717, 1.165) is 13.1 Å². The summed E-state index contributed by atoms with van der Waals surface area (Å²) in [5.74, 6) is 0. The van der Waals surface area contributed by atoms with Crippen LogP contribution in [0.4, 0.5) is 0 Å². The molecule has 1 heterocycles. The van der Waals surface area contributed by atoms with Crippen molar-refractivity contribution in [3.63, 3.8) is 0 Å². The quantitative estimate of drug-likeness (QED) is 0.461. The van der Waals surface area contributed by atoms with Crippen LogP contribution in [-0.4, -0.2) is 25.5 Å². The second-order valence-corrected chi connectivity index (χ2v) is 1.92. The highest BCUT2D eigenvalue weighted by Crippen LogP contribution is 1.97. The molecule has 0 saturated carbocycles. The van der Waals surface area contributed by atoms with Crippen molar-refractivity contribution in [2.24, 2.45) is 0 Å². The topological polar surface area (TPSA) is 41.1 Å². The number of carbonyl (C=O) groups excluding carboxylic acids is 1. The van der Waals surface area contributed by atoms with Crippen LogP contribution in [0.3, 0.4) is 0 Å². The maximum Gasteiger partial charge on any atom is 0.309 e. The normalized spacial score (nSPS) is 26.2. The minimum absolute atomic E-state index is 0.511. The third-order valence-electron chi connectivity index (χ3n) is 1.35. The Morgan fingerprint density at radius 1 is 1.88 bits per heavy atom. The molecule has 45 valence electrons. The molecule has 0 aromatic carbocycles. The molecular formula is C5H9N2O. The van der Waals surface area contributed by atoms with Crippen molar-refractivity contribution < 1.29 is 4.79 Å². The average Bonchev–Trinajstić information content (AvgIpc) is 1.63. The second kappa shape index (κ2) is 2.67. The average molecular weight is 113 g/mol. The van der Waals surface area contributed by atoms with Gasteiger partial charge < -0.3 is 10.6 Å². The van der Waals surface area contributed by atoms with Crippen LogP contribution < -0.4 is 10.6 Å². The maximum absolute atomic E-state index is 9.59. The van der Waals surface area contributed by atoms with E-state index in [-0.39, 0.29) is 0 Å². The lowest BCUT2D eigenvalue weighted by Gasteiger charge is -2.26. The van der Waals surface area contributed by atoms with Crippen LogP contribution in [0.1, 0.15) is 6.42 Å². The summed E-state index contributed by atoms with van der Waals surface area (Å²) in [6.45, 7) is 1.81. The van der Waals surface area contributed by atoms with Gasteiger partial charge in [0, 0.05) is 12.6 Å². The Hall–Kier alpha value is -0.570. The zero-order valence-corrected chi connectivity index (χ0v) is 4.61. The Morgan fingerprint density at radius 3 is 3.00 bits per heavy atom. The molecule has 1 radical (unpaired) electrons. The Morgan fingerprint density at radius 2 is 2.62 bits per heavy atom. The van der Waals surface area contributed by atoms with Gasteiger partial charge in [0.25, 0.3) is 0 Å². The van der Waals surface area contributed by atoms with E-state index in [1.54, 1.807) is 6.41 Å². The van der Waals surface area contributed by atoms with Crippen molar-refractivity contribution in [1.29, 1.82) is 0 Å². The first-order valence-corrected chi connectivity index (χ1v) is 2.77. The van der Waals surface area contributed by atoms with Crippen LogP contribution in [0, 0.1) is 0 Å². The highest BCUT2D eigenvalue weighted by molar-refractivity contribution is 5.47. The van der Waals surface area contributed by atoms with Gasteiger partial charge in [-0.1, -0.05) is 0 Å². The van der Waals surface area contributed by atoms with Gasteiger partial charge in [-0.15, -0.1) is 0 Å². The summed E-state index contributed by atoms with van der Waals surface area (Å²) in [6, 6.07) is 0.511. The van der Waals surface area contributed by atoms with Crippen LogP contribution in [0.15, 0.2) is 0 Å². The molecule has 8 heavy (non-hydrogen) atoms. The van der Waals surface area contributed by atoms with E-state index in [2.05, 4.69) is 10.6 Å². The molecule has 2 N–H and O–H groups in total. The van der Waals surface area contributed by atoms with Crippen molar-refractivity contribution in [3.8, 4) is 0 Å². The van der Waals surface area contributed by atoms with Crippen molar-refractivity contribution in [3.05, 3.63) is 0 Å². The first kappa shape index (κ1) is 5.56. The van der Waals surface area contributed by atoms with E-state index in [4.69, 9.17) is 0 Å². The van der Waals surface area contributed by atoms with Crippen LogP contribution >= 0.6 is 0 Å². The first-order valence-electron chi connectivity index (χ1n) is 2.77. The molecule has 0 bridgehead atoms. The molecule has 1 fully saturated rings. The Bertz CT molecular complexity index is 80.5. The van der Waals surface area contributed by atoms with E-state index in [1.807, 2.05) is 0 Å². The number of amides is 1. The zero-order valence-electron chi connectivity index (χ0n) is 4.61. The summed E-state index contributed by atoms with van der Waals surface area (Å²) in [5.41, 5.74) is 0. The molecule has 0 aliphatic carbocycles. The van der Waals surface area contributed by atoms with Gasteiger partial charge in [-0.25, -0.2) is 0 Å². The molecule has 0 aromatic heterocycles. The molecule has 1 saturated heterocycles. The summed E-state index contributed by atoms with van der Waals surface area (Å²) in [6.07, 6.45) is 2.80. The van der Waals surface area contributed by atoms with Crippen LogP contribution in [-0.2, 0) is 4.79 Å². The molecular weight excluding hydrogens is 104 g/mol. The Balaban J connectivity index is 1.93. The van der Waals surface area contributed by atoms with Crippen molar-refractivity contribution in [1.82, 2.24) is 10.6 Å². The third-order valence-corrected chi connectivity index (χ3v) is 1.35. The van der Waals surface area contributed by atoms with E-state index in [0.29, 0.717) is 6.04 Å². The van der Waals surface area contributed by atoms with Gasteiger partial charge in [-0.3, -0.25) is 4.79 Å². The van der Waals surface area contributed by atoms with Gasteiger partial charge in [-0.05, 0) is 13.0 Å². The molecule has 3 heteroatoms. The van der Waals surface area contributed by atoms with Crippen LogP contribution in [0.25, 0.3) is 0 Å². The smallest absolute Gasteiger partial charge is 0.309 e. The molecule has 1 aliphatic rings. The molecule has 3 nitrogen and oxygen atoms in total. The Labute approximate surface area is 48.5 Å². The van der Waals surface area contributed by atoms with Crippen molar-refractivity contribution >= 4 is 6.41 Å². The molecule has 1 unspecified atom stereocenters. The minimum Gasteiger partial charge on any atom is -0.346 e. The van der Waals surface area contributed by atoms with Gasteiger partial charge in [0.1, 0.15) is 0 Å². The second-order valence-electron chi connectivity index (χ2n) is 1.92. The van der Waals surface area contributed by atoms with Crippen molar-refractivity contribution in [2.75, 3.05) is 13.1 Å². The summed E-state index contributed by atoms with van der Waals surface area (Å²) < 4.78 is 0. The fourth-order valence-electron chi connectivity index (χ4n) is 0.688. The maximum atomic E-state index is 9.59. The molecule has 1 aliphatic heterocycles. The van der Waals surface area contributed by atoms with Crippen molar-refractivity contribution in [2.45, 2.75) is 12.5 Å². The van der Waals surface area contributed by atoms with Gasteiger partial charge >= 0.3 is 6.41 Å². The number of hydrogen-bond donors (Lipinski definition) is 2. The molecule has 1 amide bonds. The van der Waals surface area contributed by atoms with Gasteiger partial charge in [-0.2, -0.15) is 0 Å². The van der Waals surface area contributed by atoms with Gasteiger partial charge in [0.05, 0.1) is 0 Å². The van der Waals surface area contributed by atoms with Crippen LogP contribution in [0.2, 0.25) is 0 Å². The lowest BCUT2D eigenvalue weighted by atomic mass is 10.1. The minimum atomic E-state index is 0.511. The van der Waals surface area contributed by atoms with E-state index >= 15 is 0 Å². The summed E-state index contributed by atoms with van der Waals surface area (Å²) in [4.78, 5) is 9.59. The first-order chi connectivity index (χ1) is 3.93. The third kappa shape index (κ3) is 1.20. The summed E-state index contributed by atoms with van der Waals surface area (Å²) >= 11 is 0. The van der Waals surface area contributed by atoms with E-state index in [9.17, 15) is 4.79 Å². The predicted octanol–water partition coefficient (Wildman–Crippen LogP) is -0.995. The largest absolute Gasteiger partial charge is 0.346 e. The van der Waals surface area contributed by atoms with Gasteiger partial charge in [0.15, 0.2) is 0 Å². The number of nitrogens with one attached hydrogen (secondary N) is 2. The lowest BCUT2D eigenvalue weighted by molar-refractivity contribution is 0.366. The lowest BCUT2D eigenvalue weighted by Crippen LogP contribution is -2.48. The molecule has 0 aromatic rings. The number of hydrogen-bond acceptors (Lipinski definition) is 2. The number of rotatable bonds is 3. The molecule has 0 spiro atoms. The van der Waals surface area contributed by atoms with E-state index < -0.39 is 0 Å². The summed E-state index contributed by atoms with van der Waals surface area (Å²) in [5, 5.41) is 5.62. The Kier molecular flexibility index (Phi) is 1.86. The molecule has 1 rings (SSSR count). The SMILES string of the molecule is O=[C]NCC1CCN1. The van der Waals surface area contributed by atoms with E-state index in [1.165, 1.54) is 6.42 Å². The highest BCUT2D eigenvalue weighted by atomic mass is 16.1. The zero-order chi connectivity index (χ0) is 5.82. The summed E-state index contributed by atoms with van der Waals surface area (Å²) in [7, 11) is 0.